The highest BCUT2D eigenvalue weighted by molar-refractivity contribution is 7.90. The van der Waals surface area contributed by atoms with Gasteiger partial charge in [-0.3, -0.25) is 4.79 Å². The molecule has 1 aliphatic carbocycles. The summed E-state index contributed by atoms with van der Waals surface area (Å²) in [4.78, 5) is 14.3. The van der Waals surface area contributed by atoms with E-state index in [2.05, 4.69) is 9.44 Å². The highest BCUT2D eigenvalue weighted by atomic mass is 32.2. The van der Waals surface area contributed by atoms with Crippen LogP contribution >= 0.6 is 0 Å². The second-order valence-corrected chi connectivity index (χ2v) is 11.4. The molecule has 0 radical (unpaired) electrons. The summed E-state index contributed by atoms with van der Waals surface area (Å²) in [5.41, 5.74) is 1.21. The first-order valence-electron chi connectivity index (χ1n) is 10.2. The van der Waals surface area contributed by atoms with Gasteiger partial charge in [0, 0.05) is 31.2 Å². The van der Waals surface area contributed by atoms with Crippen LogP contribution in [0.3, 0.4) is 0 Å². The Morgan fingerprint density at radius 2 is 1.52 bits per heavy atom. The lowest BCUT2D eigenvalue weighted by atomic mass is 10.1. The van der Waals surface area contributed by atoms with Gasteiger partial charge in [-0.25, -0.2) is 26.3 Å². The lowest BCUT2D eigenvalue weighted by Gasteiger charge is -2.15. The van der Waals surface area contributed by atoms with Crippen molar-refractivity contribution < 1.29 is 21.6 Å². The molecular weight excluding hydrogens is 438 g/mol. The van der Waals surface area contributed by atoms with Crippen molar-refractivity contribution in [2.75, 3.05) is 13.1 Å². The van der Waals surface area contributed by atoms with Gasteiger partial charge in [-0.2, -0.15) is 0 Å². The standard InChI is InChI=1S/C21H25N3O5S2/c25-21(24-12-1-2-13-24)17-5-3-4-16(14-17)15-22-30(26,27)19-8-10-20(11-9-19)31(28,29)23-18-6-7-18/h3-5,8-11,14,18,22-23H,1-2,6-7,12-13,15H2. The largest absolute Gasteiger partial charge is 0.339 e. The fourth-order valence-corrected chi connectivity index (χ4v) is 5.79. The van der Waals surface area contributed by atoms with Gasteiger partial charge in [0.05, 0.1) is 9.79 Å². The molecule has 0 unspecified atom stereocenters. The quantitative estimate of drug-likeness (QED) is 0.620. The zero-order valence-electron chi connectivity index (χ0n) is 17.0. The molecule has 2 aromatic carbocycles. The van der Waals surface area contributed by atoms with Crippen LogP contribution in [0, 0.1) is 0 Å². The molecule has 8 nitrogen and oxygen atoms in total. The number of hydrogen-bond acceptors (Lipinski definition) is 5. The summed E-state index contributed by atoms with van der Waals surface area (Å²) in [7, 11) is -7.48. The van der Waals surface area contributed by atoms with Crippen molar-refractivity contribution in [3.63, 3.8) is 0 Å². The first kappa shape index (κ1) is 21.9. The minimum absolute atomic E-state index is 0.0206. The van der Waals surface area contributed by atoms with Crippen LogP contribution in [0.25, 0.3) is 0 Å². The number of nitrogens with zero attached hydrogens (tertiary/aromatic N) is 1. The number of carbonyl (C=O) groups excluding carboxylic acids is 1. The lowest BCUT2D eigenvalue weighted by Crippen LogP contribution is -2.28. The van der Waals surface area contributed by atoms with Crippen LogP contribution < -0.4 is 9.44 Å². The van der Waals surface area contributed by atoms with E-state index in [0.29, 0.717) is 11.1 Å². The van der Waals surface area contributed by atoms with Crippen LogP contribution in [0.15, 0.2) is 58.3 Å². The molecule has 0 aromatic heterocycles. The molecule has 1 amide bonds. The zero-order valence-corrected chi connectivity index (χ0v) is 18.6. The number of hydrogen-bond donors (Lipinski definition) is 2. The van der Waals surface area contributed by atoms with Crippen molar-refractivity contribution in [1.82, 2.24) is 14.3 Å². The summed E-state index contributed by atoms with van der Waals surface area (Å²) in [5, 5.41) is 0. The smallest absolute Gasteiger partial charge is 0.253 e. The van der Waals surface area contributed by atoms with E-state index in [1.54, 1.807) is 29.2 Å². The van der Waals surface area contributed by atoms with Gasteiger partial charge in [-0.1, -0.05) is 12.1 Å². The van der Waals surface area contributed by atoms with Crippen LogP contribution in [0.2, 0.25) is 0 Å². The molecule has 31 heavy (non-hydrogen) atoms. The van der Waals surface area contributed by atoms with E-state index in [9.17, 15) is 21.6 Å². The Bertz CT molecular complexity index is 1170. The third-order valence-electron chi connectivity index (χ3n) is 5.38. The number of likely N-dealkylation sites (tertiary alicyclic amines) is 1. The fraction of sp³-hybridized carbons (Fsp3) is 0.381. The molecule has 2 fully saturated rings. The van der Waals surface area contributed by atoms with Gasteiger partial charge in [0.15, 0.2) is 0 Å². The van der Waals surface area contributed by atoms with Crippen LogP contribution in [-0.2, 0) is 26.6 Å². The number of amides is 1. The average molecular weight is 464 g/mol. The van der Waals surface area contributed by atoms with Crippen molar-refractivity contribution in [3.05, 3.63) is 59.7 Å². The molecule has 2 aliphatic rings. The van der Waals surface area contributed by atoms with Crippen molar-refractivity contribution in [3.8, 4) is 0 Å². The van der Waals surface area contributed by atoms with Crippen LogP contribution in [0.5, 0.6) is 0 Å². The van der Waals surface area contributed by atoms with Gasteiger partial charge < -0.3 is 4.90 Å². The van der Waals surface area contributed by atoms with Gasteiger partial charge in [-0.05, 0) is 67.6 Å². The third-order valence-corrected chi connectivity index (χ3v) is 8.33. The maximum atomic E-state index is 12.6. The molecule has 1 aliphatic heterocycles. The second kappa shape index (κ2) is 8.70. The van der Waals surface area contributed by atoms with E-state index in [1.807, 2.05) is 0 Å². The Balaban J connectivity index is 1.42. The van der Waals surface area contributed by atoms with E-state index in [-0.39, 0.29) is 28.3 Å². The molecule has 10 heteroatoms. The van der Waals surface area contributed by atoms with Crippen molar-refractivity contribution >= 4 is 26.0 Å². The number of sulfonamides is 2. The molecule has 0 atom stereocenters. The molecule has 0 spiro atoms. The minimum atomic E-state index is -3.84. The first-order chi connectivity index (χ1) is 14.7. The van der Waals surface area contributed by atoms with Gasteiger partial charge in [0.1, 0.15) is 0 Å². The van der Waals surface area contributed by atoms with E-state index in [1.165, 1.54) is 24.3 Å². The Morgan fingerprint density at radius 3 is 2.13 bits per heavy atom. The maximum absolute atomic E-state index is 12.6. The molecule has 2 N–H and O–H groups in total. The summed E-state index contributed by atoms with van der Waals surface area (Å²) < 4.78 is 54.8. The highest BCUT2D eigenvalue weighted by Gasteiger charge is 2.28. The fourth-order valence-electron chi connectivity index (χ4n) is 3.47. The summed E-state index contributed by atoms with van der Waals surface area (Å²) in [6.07, 6.45) is 3.64. The van der Waals surface area contributed by atoms with Crippen molar-refractivity contribution in [2.24, 2.45) is 0 Å². The minimum Gasteiger partial charge on any atom is -0.339 e. The summed E-state index contributed by atoms with van der Waals surface area (Å²) in [6, 6.07) is 12.0. The van der Waals surface area contributed by atoms with E-state index < -0.39 is 20.0 Å². The van der Waals surface area contributed by atoms with Gasteiger partial charge in [0.2, 0.25) is 20.0 Å². The summed E-state index contributed by atoms with van der Waals surface area (Å²) in [6.45, 7) is 1.52. The Hall–Kier alpha value is -2.27. The first-order valence-corrected chi connectivity index (χ1v) is 13.2. The van der Waals surface area contributed by atoms with Crippen LogP contribution in [0.1, 0.15) is 41.6 Å². The van der Waals surface area contributed by atoms with Gasteiger partial charge >= 0.3 is 0 Å². The lowest BCUT2D eigenvalue weighted by molar-refractivity contribution is 0.0792. The number of nitrogens with one attached hydrogen (secondary N) is 2. The van der Waals surface area contributed by atoms with E-state index in [0.717, 1.165) is 38.8 Å². The molecule has 4 rings (SSSR count). The van der Waals surface area contributed by atoms with Crippen molar-refractivity contribution in [1.29, 1.82) is 0 Å². The molecule has 166 valence electrons. The summed E-state index contributed by atoms with van der Waals surface area (Å²) in [5.74, 6) is -0.0428. The molecule has 0 bridgehead atoms. The van der Waals surface area contributed by atoms with Crippen molar-refractivity contribution in [2.45, 2.75) is 48.1 Å². The van der Waals surface area contributed by atoms with Gasteiger partial charge in [-0.15, -0.1) is 0 Å². The second-order valence-electron chi connectivity index (χ2n) is 7.89. The van der Waals surface area contributed by atoms with E-state index >= 15 is 0 Å². The Kier molecular flexibility index (Phi) is 6.16. The Labute approximate surface area is 182 Å². The number of rotatable bonds is 8. The highest BCUT2D eigenvalue weighted by Crippen LogP contribution is 2.23. The predicted molar refractivity (Wildman–Crippen MR) is 115 cm³/mol. The van der Waals surface area contributed by atoms with E-state index in [4.69, 9.17) is 0 Å². The van der Waals surface area contributed by atoms with Crippen LogP contribution in [-0.4, -0.2) is 46.8 Å². The summed E-state index contributed by atoms with van der Waals surface area (Å²) >= 11 is 0. The Morgan fingerprint density at radius 1 is 0.903 bits per heavy atom. The molecule has 1 saturated heterocycles. The number of benzene rings is 2. The average Bonchev–Trinajstić information content (AvgIpc) is 3.39. The molecule has 2 aromatic rings. The maximum Gasteiger partial charge on any atom is 0.253 e. The van der Waals surface area contributed by atoms with Gasteiger partial charge in [0.25, 0.3) is 5.91 Å². The van der Waals surface area contributed by atoms with Crippen LogP contribution in [0.4, 0.5) is 0 Å². The zero-order chi connectivity index (χ0) is 22.1. The monoisotopic (exact) mass is 463 g/mol. The number of carbonyl (C=O) groups is 1. The molecule has 1 heterocycles. The predicted octanol–water partition coefficient (Wildman–Crippen LogP) is 1.84. The third kappa shape index (κ3) is 5.32. The normalized spacial score (nSPS) is 17.1. The SMILES string of the molecule is O=C(c1cccc(CNS(=O)(=O)c2ccc(S(=O)(=O)NC3CC3)cc2)c1)N1CCCC1. The topological polar surface area (TPSA) is 113 Å². The molecule has 1 saturated carbocycles. The molecular formula is C21H25N3O5S2.